The molecular formula is C17H27N3O. The Bertz CT molecular complexity index is 481. The lowest BCUT2D eigenvalue weighted by molar-refractivity contribution is -0.125. The van der Waals surface area contributed by atoms with Gasteiger partial charge in [0.05, 0.1) is 0 Å². The number of nitrogens with zero attached hydrogens (tertiary/aromatic N) is 1. The molecule has 0 aromatic heterocycles. The number of aryl methyl sites for hydroxylation is 1. The number of hydrogen-bond donors (Lipinski definition) is 2. The lowest BCUT2D eigenvalue weighted by Gasteiger charge is -2.36. The van der Waals surface area contributed by atoms with Crippen LogP contribution in [-0.2, 0) is 4.79 Å². The van der Waals surface area contributed by atoms with Gasteiger partial charge in [-0.15, -0.1) is 0 Å². The van der Waals surface area contributed by atoms with Crippen molar-refractivity contribution in [2.75, 3.05) is 25.0 Å². The molecule has 116 valence electrons. The van der Waals surface area contributed by atoms with Crippen molar-refractivity contribution in [1.29, 1.82) is 0 Å². The van der Waals surface area contributed by atoms with Crippen LogP contribution in [-0.4, -0.2) is 31.6 Å². The molecule has 1 amide bonds. The van der Waals surface area contributed by atoms with Gasteiger partial charge in [0.1, 0.15) is 5.54 Å². The maximum Gasteiger partial charge on any atom is 0.239 e. The number of carbonyl (C=O) groups excluding carboxylic acids is 1. The Morgan fingerprint density at radius 3 is 2.48 bits per heavy atom. The highest BCUT2D eigenvalue weighted by Gasteiger charge is 2.50. The fourth-order valence-corrected chi connectivity index (χ4v) is 2.88. The van der Waals surface area contributed by atoms with Crippen LogP contribution in [0.4, 0.5) is 5.69 Å². The fourth-order valence-electron chi connectivity index (χ4n) is 2.88. The molecule has 1 aromatic carbocycles. The van der Waals surface area contributed by atoms with Crippen LogP contribution < -0.4 is 16.0 Å². The zero-order valence-corrected chi connectivity index (χ0v) is 13.4. The van der Waals surface area contributed by atoms with E-state index in [1.807, 2.05) is 7.05 Å². The first-order valence-electron chi connectivity index (χ1n) is 7.82. The van der Waals surface area contributed by atoms with Gasteiger partial charge >= 0.3 is 0 Å². The molecule has 1 aromatic rings. The third-order valence-corrected chi connectivity index (χ3v) is 4.37. The summed E-state index contributed by atoms with van der Waals surface area (Å²) in [5.41, 5.74) is 7.53. The molecule has 0 spiro atoms. The smallest absolute Gasteiger partial charge is 0.239 e. The third-order valence-electron chi connectivity index (χ3n) is 4.37. The van der Waals surface area contributed by atoms with Gasteiger partial charge in [-0.05, 0) is 50.8 Å². The van der Waals surface area contributed by atoms with Crippen molar-refractivity contribution in [3.63, 3.8) is 0 Å². The molecule has 4 heteroatoms. The topological polar surface area (TPSA) is 58.4 Å². The number of anilines is 1. The van der Waals surface area contributed by atoms with Crippen molar-refractivity contribution in [3.05, 3.63) is 29.8 Å². The predicted molar refractivity (Wildman–Crippen MR) is 87.4 cm³/mol. The van der Waals surface area contributed by atoms with Crippen molar-refractivity contribution in [2.45, 2.75) is 38.6 Å². The number of nitrogens with one attached hydrogen (secondary N) is 1. The molecule has 0 bridgehead atoms. The number of rotatable bonds is 8. The highest BCUT2D eigenvalue weighted by molar-refractivity contribution is 5.86. The van der Waals surface area contributed by atoms with Crippen molar-refractivity contribution in [3.8, 4) is 0 Å². The summed E-state index contributed by atoms with van der Waals surface area (Å²) in [4.78, 5) is 14.3. The minimum absolute atomic E-state index is 0.225. The number of likely N-dealkylation sites (N-methyl/N-ethyl adjacent to an activating group) is 1. The van der Waals surface area contributed by atoms with E-state index in [4.69, 9.17) is 5.73 Å². The van der Waals surface area contributed by atoms with Crippen LogP contribution in [0, 0.1) is 12.8 Å². The largest absolute Gasteiger partial charge is 0.372 e. The zero-order valence-electron chi connectivity index (χ0n) is 13.4. The zero-order chi connectivity index (χ0) is 15.5. The van der Waals surface area contributed by atoms with E-state index in [2.05, 4.69) is 48.3 Å². The second kappa shape index (κ2) is 6.48. The molecule has 1 aliphatic carbocycles. The summed E-state index contributed by atoms with van der Waals surface area (Å²) in [6.45, 7) is 5.62. The fraction of sp³-hybridized carbons (Fsp3) is 0.588. The molecule has 1 saturated carbocycles. The number of carbonyl (C=O) groups is 1. The van der Waals surface area contributed by atoms with E-state index in [0.717, 1.165) is 31.5 Å². The first kappa shape index (κ1) is 15.8. The van der Waals surface area contributed by atoms with Crippen molar-refractivity contribution in [1.82, 2.24) is 5.32 Å². The van der Waals surface area contributed by atoms with Gasteiger partial charge in [0.2, 0.25) is 5.91 Å². The Balaban J connectivity index is 2.17. The van der Waals surface area contributed by atoms with E-state index in [1.54, 1.807) is 0 Å². The lowest BCUT2D eigenvalue weighted by atomic mass is 9.91. The maximum absolute atomic E-state index is 12.2. The summed E-state index contributed by atoms with van der Waals surface area (Å²) in [5, 5.41) is 3.44. The van der Waals surface area contributed by atoms with Crippen molar-refractivity contribution in [2.24, 2.45) is 11.7 Å². The molecular weight excluding hydrogens is 262 g/mol. The quantitative estimate of drug-likeness (QED) is 0.770. The molecule has 21 heavy (non-hydrogen) atoms. The summed E-state index contributed by atoms with van der Waals surface area (Å²) in [5.74, 6) is 0.145. The average Bonchev–Trinajstić information content (AvgIpc) is 3.28. The Morgan fingerprint density at radius 2 is 2.00 bits per heavy atom. The molecule has 0 aliphatic heterocycles. The molecule has 1 aliphatic rings. The van der Waals surface area contributed by atoms with Crippen LogP contribution >= 0.6 is 0 Å². The van der Waals surface area contributed by atoms with Gasteiger partial charge in [0, 0.05) is 19.3 Å². The maximum atomic E-state index is 12.2. The van der Waals surface area contributed by atoms with Crippen LogP contribution in [0.25, 0.3) is 0 Å². The Labute approximate surface area is 127 Å². The summed E-state index contributed by atoms with van der Waals surface area (Å²) in [6, 6.07) is 8.37. The van der Waals surface area contributed by atoms with Crippen LogP contribution in [0.2, 0.25) is 0 Å². The van der Waals surface area contributed by atoms with Gasteiger partial charge in [0.15, 0.2) is 0 Å². The lowest BCUT2D eigenvalue weighted by Crippen LogP contribution is -2.63. The van der Waals surface area contributed by atoms with Crippen LogP contribution in [0.15, 0.2) is 24.3 Å². The average molecular weight is 289 g/mol. The molecule has 1 fully saturated rings. The van der Waals surface area contributed by atoms with Crippen LogP contribution in [0.1, 0.15) is 31.7 Å². The van der Waals surface area contributed by atoms with Crippen LogP contribution in [0.3, 0.4) is 0 Å². The molecule has 1 unspecified atom stereocenters. The molecule has 0 radical (unpaired) electrons. The first-order valence-corrected chi connectivity index (χ1v) is 7.82. The number of benzene rings is 1. The Hall–Kier alpha value is -1.55. The van der Waals surface area contributed by atoms with E-state index in [0.29, 0.717) is 12.5 Å². The normalized spacial score (nSPS) is 17.3. The Morgan fingerprint density at radius 1 is 1.38 bits per heavy atom. The van der Waals surface area contributed by atoms with E-state index in [9.17, 15) is 4.79 Å². The second-order valence-electron chi connectivity index (χ2n) is 6.23. The van der Waals surface area contributed by atoms with Crippen LogP contribution in [0.5, 0.6) is 0 Å². The third kappa shape index (κ3) is 3.56. The van der Waals surface area contributed by atoms with Gasteiger partial charge < -0.3 is 16.0 Å². The second-order valence-corrected chi connectivity index (χ2v) is 6.23. The van der Waals surface area contributed by atoms with Gasteiger partial charge in [-0.1, -0.05) is 24.6 Å². The van der Waals surface area contributed by atoms with Gasteiger partial charge in [0.25, 0.3) is 0 Å². The van der Waals surface area contributed by atoms with E-state index < -0.39 is 5.54 Å². The monoisotopic (exact) mass is 289 g/mol. The standard InChI is InChI=1S/C17H27N3O/c1-4-11-19-17(16(18)21,14-7-8-14)12-20(3)15-9-5-13(2)6-10-15/h5-6,9-10,14,19H,4,7-8,11-12H2,1-3H3,(H2,18,21). The molecule has 4 nitrogen and oxygen atoms in total. The van der Waals surface area contributed by atoms with E-state index in [1.165, 1.54) is 5.56 Å². The first-order chi connectivity index (χ1) is 9.99. The number of primary amides is 1. The van der Waals surface area contributed by atoms with Crippen molar-refractivity contribution >= 4 is 11.6 Å². The molecule has 1 atom stereocenters. The SMILES string of the molecule is CCCNC(CN(C)c1ccc(C)cc1)(C(N)=O)C1CC1. The molecule has 2 rings (SSSR count). The number of hydrogen-bond acceptors (Lipinski definition) is 3. The predicted octanol–water partition coefficient (Wildman–Crippen LogP) is 2.06. The van der Waals surface area contributed by atoms with E-state index in [-0.39, 0.29) is 5.91 Å². The molecule has 3 N–H and O–H groups in total. The summed E-state index contributed by atoms with van der Waals surface area (Å²) >= 11 is 0. The molecule has 0 heterocycles. The number of nitrogens with two attached hydrogens (primary N) is 1. The van der Waals surface area contributed by atoms with Gasteiger partial charge in [-0.2, -0.15) is 0 Å². The molecule has 0 saturated heterocycles. The number of amides is 1. The highest BCUT2D eigenvalue weighted by atomic mass is 16.1. The minimum atomic E-state index is -0.602. The highest BCUT2D eigenvalue weighted by Crippen LogP contribution is 2.40. The van der Waals surface area contributed by atoms with Crippen molar-refractivity contribution < 1.29 is 4.79 Å². The summed E-state index contributed by atoms with van der Waals surface area (Å²) in [6.07, 6.45) is 3.17. The Kier molecular flexibility index (Phi) is 4.88. The van der Waals surface area contributed by atoms with Gasteiger partial charge in [-0.25, -0.2) is 0 Å². The van der Waals surface area contributed by atoms with Gasteiger partial charge in [-0.3, -0.25) is 4.79 Å². The van der Waals surface area contributed by atoms with E-state index >= 15 is 0 Å². The summed E-state index contributed by atoms with van der Waals surface area (Å²) < 4.78 is 0. The summed E-state index contributed by atoms with van der Waals surface area (Å²) in [7, 11) is 2.03. The minimum Gasteiger partial charge on any atom is -0.372 e.